The fraction of sp³-hybridized carbons (Fsp3) is 0.192. The Morgan fingerprint density at radius 3 is 2.71 bits per heavy atom. The van der Waals surface area contributed by atoms with Crippen LogP contribution in [0.5, 0.6) is 0 Å². The van der Waals surface area contributed by atoms with E-state index in [1.165, 1.54) is 5.56 Å². The molecule has 1 N–H and O–H groups in total. The molecule has 0 aliphatic heterocycles. The van der Waals surface area contributed by atoms with Crippen LogP contribution in [0.1, 0.15) is 31.2 Å². The van der Waals surface area contributed by atoms with Crippen molar-refractivity contribution in [3.8, 4) is 22.6 Å². The maximum absolute atomic E-state index is 4.86. The molecule has 1 aromatic carbocycles. The zero-order chi connectivity index (χ0) is 23.8. The third-order valence-electron chi connectivity index (χ3n) is 6.27. The minimum absolute atomic E-state index is 0.618. The molecule has 0 saturated carbocycles. The Kier molecular flexibility index (Phi) is 5.61. The monoisotopic (exact) mass is 526 g/mol. The van der Waals surface area contributed by atoms with Crippen molar-refractivity contribution in [2.75, 3.05) is 0 Å². The SMILES string of the molecule is CCCCc1nc2cccnc2n1Cc1ccc(-c2c(Br)c3ccccn3c2-c2nnn[nH]2)cc1. The van der Waals surface area contributed by atoms with Crippen LogP contribution in [0.4, 0.5) is 0 Å². The van der Waals surface area contributed by atoms with Crippen molar-refractivity contribution in [2.24, 2.45) is 0 Å². The van der Waals surface area contributed by atoms with Gasteiger partial charge in [0.15, 0.2) is 11.5 Å². The summed E-state index contributed by atoms with van der Waals surface area (Å²) in [5, 5.41) is 14.7. The number of hydrogen-bond donors (Lipinski definition) is 1. The van der Waals surface area contributed by atoms with Gasteiger partial charge >= 0.3 is 0 Å². The highest BCUT2D eigenvalue weighted by Crippen LogP contribution is 2.41. The molecule has 5 heterocycles. The summed E-state index contributed by atoms with van der Waals surface area (Å²) in [4.78, 5) is 9.47. The van der Waals surface area contributed by atoms with Gasteiger partial charge in [0.1, 0.15) is 17.0 Å². The van der Waals surface area contributed by atoms with Gasteiger partial charge < -0.3 is 8.97 Å². The van der Waals surface area contributed by atoms with Gasteiger partial charge in [0.2, 0.25) is 0 Å². The molecule has 35 heavy (non-hydrogen) atoms. The number of nitrogens with one attached hydrogen (secondary N) is 1. The summed E-state index contributed by atoms with van der Waals surface area (Å²) in [6.07, 6.45) is 7.05. The first-order valence-electron chi connectivity index (χ1n) is 11.7. The number of nitrogens with zero attached hydrogens (tertiary/aromatic N) is 7. The molecular formula is C26H23BrN8. The average molecular weight is 527 g/mol. The Morgan fingerprint density at radius 1 is 1.03 bits per heavy atom. The molecular weight excluding hydrogens is 504 g/mol. The zero-order valence-electron chi connectivity index (χ0n) is 19.2. The molecule has 0 aliphatic rings. The first kappa shape index (κ1) is 21.7. The summed E-state index contributed by atoms with van der Waals surface area (Å²) in [6.45, 7) is 2.93. The van der Waals surface area contributed by atoms with E-state index < -0.39 is 0 Å². The number of hydrogen-bond acceptors (Lipinski definition) is 5. The van der Waals surface area contributed by atoms with Crippen molar-refractivity contribution in [3.63, 3.8) is 0 Å². The number of fused-ring (bicyclic) bond motifs is 2. The molecule has 174 valence electrons. The quantitative estimate of drug-likeness (QED) is 0.288. The maximum atomic E-state index is 4.86. The zero-order valence-corrected chi connectivity index (χ0v) is 20.8. The van der Waals surface area contributed by atoms with Crippen molar-refractivity contribution < 1.29 is 0 Å². The van der Waals surface area contributed by atoms with Crippen LogP contribution in [0.15, 0.2) is 71.5 Å². The van der Waals surface area contributed by atoms with Crippen LogP contribution < -0.4 is 0 Å². The second-order valence-electron chi connectivity index (χ2n) is 8.50. The van der Waals surface area contributed by atoms with Crippen LogP contribution in [0, 0.1) is 0 Å². The van der Waals surface area contributed by atoms with Crippen molar-refractivity contribution >= 4 is 32.6 Å². The first-order valence-corrected chi connectivity index (χ1v) is 12.5. The molecule has 0 atom stereocenters. The molecule has 0 fully saturated rings. The summed E-state index contributed by atoms with van der Waals surface area (Å²) in [6, 6.07) is 18.7. The van der Waals surface area contributed by atoms with Crippen LogP contribution >= 0.6 is 15.9 Å². The minimum atomic E-state index is 0.618. The van der Waals surface area contributed by atoms with Crippen molar-refractivity contribution in [1.82, 2.24) is 39.6 Å². The summed E-state index contributed by atoms with van der Waals surface area (Å²) >= 11 is 3.83. The lowest BCUT2D eigenvalue weighted by Gasteiger charge is -2.10. The normalized spacial score (nSPS) is 11.6. The third kappa shape index (κ3) is 3.81. The van der Waals surface area contributed by atoms with E-state index in [1.54, 1.807) is 0 Å². The second kappa shape index (κ2) is 9.07. The van der Waals surface area contributed by atoms with Gasteiger partial charge in [0.05, 0.1) is 16.5 Å². The third-order valence-corrected chi connectivity index (χ3v) is 7.07. The molecule has 0 unspecified atom stereocenters. The molecule has 8 nitrogen and oxygen atoms in total. The van der Waals surface area contributed by atoms with Gasteiger partial charge in [0, 0.05) is 24.4 Å². The fourth-order valence-corrected chi connectivity index (χ4v) is 5.32. The summed E-state index contributed by atoms with van der Waals surface area (Å²) in [5.41, 5.74) is 7.16. The van der Waals surface area contributed by atoms with Gasteiger partial charge in [0.25, 0.3) is 0 Å². The summed E-state index contributed by atoms with van der Waals surface area (Å²) in [7, 11) is 0. The lowest BCUT2D eigenvalue weighted by Crippen LogP contribution is -2.06. The molecule has 0 saturated heterocycles. The lowest BCUT2D eigenvalue weighted by molar-refractivity contribution is 0.686. The first-order chi connectivity index (χ1) is 17.2. The molecule has 6 rings (SSSR count). The highest BCUT2D eigenvalue weighted by Gasteiger charge is 2.21. The number of H-pyrrole nitrogens is 1. The van der Waals surface area contributed by atoms with Gasteiger partial charge in [-0.15, -0.1) is 5.10 Å². The number of aryl methyl sites for hydroxylation is 1. The maximum Gasteiger partial charge on any atom is 0.197 e. The Morgan fingerprint density at radius 2 is 1.91 bits per heavy atom. The smallest absolute Gasteiger partial charge is 0.197 e. The van der Waals surface area contributed by atoms with E-state index >= 15 is 0 Å². The minimum Gasteiger partial charge on any atom is -0.312 e. The largest absolute Gasteiger partial charge is 0.312 e. The van der Waals surface area contributed by atoms with Crippen LogP contribution in [-0.4, -0.2) is 39.6 Å². The molecule has 9 heteroatoms. The highest BCUT2D eigenvalue weighted by atomic mass is 79.9. The van der Waals surface area contributed by atoms with Gasteiger partial charge in [-0.25, -0.2) is 15.1 Å². The number of unbranched alkanes of at least 4 members (excludes halogenated alkanes) is 1. The van der Waals surface area contributed by atoms with Crippen LogP contribution in [-0.2, 0) is 13.0 Å². The van der Waals surface area contributed by atoms with E-state index in [9.17, 15) is 0 Å². The van der Waals surface area contributed by atoms with Crippen molar-refractivity contribution in [1.29, 1.82) is 0 Å². The van der Waals surface area contributed by atoms with E-state index in [0.29, 0.717) is 5.82 Å². The van der Waals surface area contributed by atoms with E-state index in [-0.39, 0.29) is 0 Å². The van der Waals surface area contributed by atoms with Gasteiger partial charge in [-0.1, -0.05) is 43.7 Å². The van der Waals surface area contributed by atoms with Crippen LogP contribution in [0.2, 0.25) is 0 Å². The molecule has 5 aromatic heterocycles. The number of pyridine rings is 2. The molecule has 0 aliphatic carbocycles. The van der Waals surface area contributed by atoms with Crippen molar-refractivity contribution in [2.45, 2.75) is 32.7 Å². The van der Waals surface area contributed by atoms with E-state index in [1.807, 2.05) is 36.7 Å². The molecule has 0 radical (unpaired) electrons. The van der Waals surface area contributed by atoms with Gasteiger partial charge in [-0.05, 0) is 68.2 Å². The number of aromatic nitrogens is 8. The molecule has 0 bridgehead atoms. The number of tetrazole rings is 1. The molecule has 0 amide bonds. The van der Waals surface area contributed by atoms with E-state index in [4.69, 9.17) is 4.98 Å². The molecule has 6 aromatic rings. The molecule has 0 spiro atoms. The number of benzene rings is 1. The van der Waals surface area contributed by atoms with Crippen LogP contribution in [0.3, 0.4) is 0 Å². The fourth-order valence-electron chi connectivity index (χ4n) is 4.58. The Balaban J connectivity index is 1.40. The van der Waals surface area contributed by atoms with E-state index in [2.05, 4.69) is 87.8 Å². The number of imidazole rings is 1. The van der Waals surface area contributed by atoms with Gasteiger partial charge in [-0.2, -0.15) is 0 Å². The average Bonchev–Trinajstić information content (AvgIpc) is 3.61. The number of aromatic amines is 1. The van der Waals surface area contributed by atoms with E-state index in [0.717, 1.165) is 69.6 Å². The standard InChI is InChI=1S/C26H23BrN8/c1-2-3-9-21-29-19-7-6-14-28-26(19)35(21)16-17-10-12-18(13-11-17)22-23(27)20-8-4-5-15-34(20)24(22)25-30-32-33-31-25/h4-8,10-15H,2-3,9,16H2,1H3,(H,30,31,32,33). The highest BCUT2D eigenvalue weighted by molar-refractivity contribution is 9.10. The Bertz CT molecular complexity index is 1610. The van der Waals surface area contributed by atoms with Crippen LogP contribution in [0.25, 0.3) is 39.3 Å². The second-order valence-corrected chi connectivity index (χ2v) is 9.30. The Hall–Kier alpha value is -3.85. The lowest BCUT2D eigenvalue weighted by atomic mass is 10.0. The summed E-state index contributed by atoms with van der Waals surface area (Å²) in [5.74, 6) is 1.71. The predicted molar refractivity (Wildman–Crippen MR) is 139 cm³/mol. The number of halogens is 1. The van der Waals surface area contributed by atoms with Gasteiger partial charge in [-0.3, -0.25) is 0 Å². The number of rotatable bonds is 7. The topological polar surface area (TPSA) is 89.6 Å². The predicted octanol–water partition coefficient (Wildman–Crippen LogP) is 5.68. The Labute approximate surface area is 210 Å². The summed E-state index contributed by atoms with van der Waals surface area (Å²) < 4.78 is 5.34. The van der Waals surface area contributed by atoms with Crippen molar-refractivity contribution in [3.05, 3.63) is 82.9 Å².